The van der Waals surface area contributed by atoms with Gasteiger partial charge in [-0.05, 0) is 18.1 Å². The minimum Gasteiger partial charge on any atom is -0.491 e. The number of hydrogen-bond donors (Lipinski definition) is 2. The SMILES string of the molecule is O=C(N[C@@H]1COc2ccccc2C1)[C@@H]1CSCN1. The summed E-state index contributed by atoms with van der Waals surface area (Å²) in [7, 11) is 0. The molecule has 2 heterocycles. The zero-order valence-corrected chi connectivity index (χ0v) is 10.8. The summed E-state index contributed by atoms with van der Waals surface area (Å²) in [5, 5.41) is 6.24. The second-order valence-corrected chi connectivity index (χ2v) is 5.63. The molecule has 4 nitrogen and oxygen atoms in total. The molecule has 1 saturated heterocycles. The lowest BCUT2D eigenvalue weighted by Crippen LogP contribution is -2.50. The summed E-state index contributed by atoms with van der Waals surface area (Å²) in [6.45, 7) is 0.558. The summed E-state index contributed by atoms with van der Waals surface area (Å²) in [6, 6.07) is 8.03. The highest BCUT2D eigenvalue weighted by Crippen LogP contribution is 2.24. The maximum atomic E-state index is 12.0. The van der Waals surface area contributed by atoms with Crippen LogP contribution in [0.15, 0.2) is 24.3 Å². The molecule has 0 saturated carbocycles. The molecule has 2 atom stereocenters. The first-order valence-corrected chi connectivity index (χ1v) is 7.30. The standard InChI is InChI=1S/C13H16N2O2S/c16-13(11-7-18-8-14-11)15-10-5-9-3-1-2-4-12(9)17-6-10/h1-4,10-11,14H,5-8H2,(H,15,16)/t10-,11-/m0/s1. The molecule has 1 fully saturated rings. The quantitative estimate of drug-likeness (QED) is 0.828. The lowest BCUT2D eigenvalue weighted by atomic mass is 10.0. The lowest BCUT2D eigenvalue weighted by Gasteiger charge is -2.26. The van der Waals surface area contributed by atoms with Gasteiger partial charge in [0.05, 0.1) is 12.1 Å². The van der Waals surface area contributed by atoms with E-state index < -0.39 is 0 Å². The number of nitrogens with one attached hydrogen (secondary N) is 2. The highest BCUT2D eigenvalue weighted by molar-refractivity contribution is 7.99. The van der Waals surface area contributed by atoms with Crippen molar-refractivity contribution < 1.29 is 9.53 Å². The van der Waals surface area contributed by atoms with Crippen LogP contribution in [0.4, 0.5) is 0 Å². The molecule has 96 valence electrons. The van der Waals surface area contributed by atoms with E-state index in [1.807, 2.05) is 18.2 Å². The van der Waals surface area contributed by atoms with E-state index in [1.165, 1.54) is 5.56 Å². The largest absolute Gasteiger partial charge is 0.491 e. The monoisotopic (exact) mass is 264 g/mol. The van der Waals surface area contributed by atoms with E-state index in [0.717, 1.165) is 23.8 Å². The fourth-order valence-electron chi connectivity index (χ4n) is 2.29. The van der Waals surface area contributed by atoms with Crippen molar-refractivity contribution >= 4 is 17.7 Å². The van der Waals surface area contributed by atoms with Crippen molar-refractivity contribution in [3.05, 3.63) is 29.8 Å². The van der Waals surface area contributed by atoms with Crippen LogP contribution < -0.4 is 15.4 Å². The molecule has 2 aliphatic rings. The highest BCUT2D eigenvalue weighted by atomic mass is 32.2. The summed E-state index contributed by atoms with van der Waals surface area (Å²) in [5.41, 5.74) is 1.17. The van der Waals surface area contributed by atoms with Crippen LogP contribution in [-0.2, 0) is 11.2 Å². The van der Waals surface area contributed by atoms with Gasteiger partial charge >= 0.3 is 0 Å². The number of thioether (sulfide) groups is 1. The molecule has 0 bridgehead atoms. The number of fused-ring (bicyclic) bond motifs is 1. The van der Waals surface area contributed by atoms with Crippen LogP contribution in [0.2, 0.25) is 0 Å². The number of carbonyl (C=O) groups excluding carboxylic acids is 1. The molecule has 0 aromatic heterocycles. The lowest BCUT2D eigenvalue weighted by molar-refractivity contribution is -0.123. The third-order valence-electron chi connectivity index (χ3n) is 3.26. The van der Waals surface area contributed by atoms with E-state index in [4.69, 9.17) is 4.74 Å². The summed E-state index contributed by atoms with van der Waals surface area (Å²) in [5.74, 6) is 2.75. The number of ether oxygens (including phenoxy) is 1. The summed E-state index contributed by atoms with van der Waals surface area (Å²) in [4.78, 5) is 12.0. The number of carbonyl (C=O) groups is 1. The van der Waals surface area contributed by atoms with Crippen LogP contribution >= 0.6 is 11.8 Å². The second kappa shape index (κ2) is 5.20. The smallest absolute Gasteiger partial charge is 0.238 e. The molecule has 3 rings (SSSR count). The van der Waals surface area contributed by atoms with Gasteiger partial charge in [0, 0.05) is 11.6 Å². The van der Waals surface area contributed by atoms with E-state index in [0.29, 0.717) is 6.61 Å². The average molecular weight is 264 g/mol. The third kappa shape index (κ3) is 2.47. The Bertz CT molecular complexity index is 446. The topological polar surface area (TPSA) is 50.4 Å². The normalized spacial score (nSPS) is 26.2. The fourth-order valence-corrected chi connectivity index (χ4v) is 3.23. The van der Waals surface area contributed by atoms with Crippen LogP contribution in [0.1, 0.15) is 5.56 Å². The predicted molar refractivity (Wildman–Crippen MR) is 71.8 cm³/mol. The van der Waals surface area contributed by atoms with Gasteiger partial charge in [0.25, 0.3) is 0 Å². The molecule has 0 radical (unpaired) electrons. The minimum atomic E-state index is -0.0489. The molecule has 2 N–H and O–H groups in total. The Labute approximate surface area is 110 Å². The number of amides is 1. The van der Waals surface area contributed by atoms with Crippen molar-refractivity contribution in [2.75, 3.05) is 18.2 Å². The van der Waals surface area contributed by atoms with Crippen molar-refractivity contribution in [2.45, 2.75) is 18.5 Å². The predicted octanol–water partition coefficient (Wildman–Crippen LogP) is 0.769. The molecule has 0 unspecified atom stereocenters. The van der Waals surface area contributed by atoms with Gasteiger partial charge in [0.2, 0.25) is 5.91 Å². The molecule has 1 aromatic carbocycles. The van der Waals surface area contributed by atoms with E-state index >= 15 is 0 Å². The molecular weight excluding hydrogens is 248 g/mol. The molecule has 0 aliphatic carbocycles. The van der Waals surface area contributed by atoms with Crippen molar-refractivity contribution in [3.63, 3.8) is 0 Å². The first-order valence-electron chi connectivity index (χ1n) is 6.15. The summed E-state index contributed by atoms with van der Waals surface area (Å²) >= 11 is 1.76. The van der Waals surface area contributed by atoms with Crippen molar-refractivity contribution in [2.24, 2.45) is 0 Å². The van der Waals surface area contributed by atoms with Crippen LogP contribution in [0.5, 0.6) is 5.75 Å². The summed E-state index contributed by atoms with van der Waals surface area (Å²) in [6.07, 6.45) is 0.849. The van der Waals surface area contributed by atoms with Crippen LogP contribution in [0.25, 0.3) is 0 Å². The Morgan fingerprint density at radius 3 is 3.17 bits per heavy atom. The number of benzene rings is 1. The van der Waals surface area contributed by atoms with E-state index in [-0.39, 0.29) is 18.0 Å². The number of rotatable bonds is 2. The van der Waals surface area contributed by atoms with Crippen LogP contribution in [0, 0.1) is 0 Å². The van der Waals surface area contributed by atoms with Crippen molar-refractivity contribution in [1.82, 2.24) is 10.6 Å². The molecule has 1 aromatic rings. The second-order valence-electron chi connectivity index (χ2n) is 4.60. The Morgan fingerprint density at radius 2 is 2.33 bits per heavy atom. The van der Waals surface area contributed by atoms with Crippen LogP contribution in [-0.4, -0.2) is 36.2 Å². The van der Waals surface area contributed by atoms with Gasteiger partial charge in [-0.1, -0.05) is 18.2 Å². The minimum absolute atomic E-state index is 0.0489. The average Bonchev–Trinajstić information content (AvgIpc) is 2.92. The van der Waals surface area contributed by atoms with Gasteiger partial charge in [0.15, 0.2) is 0 Å². The van der Waals surface area contributed by atoms with E-state index in [1.54, 1.807) is 11.8 Å². The molecule has 2 aliphatic heterocycles. The number of para-hydroxylation sites is 1. The fraction of sp³-hybridized carbons (Fsp3) is 0.462. The third-order valence-corrected chi connectivity index (χ3v) is 4.20. The van der Waals surface area contributed by atoms with Crippen molar-refractivity contribution in [1.29, 1.82) is 0 Å². The maximum absolute atomic E-state index is 12.0. The Hall–Kier alpha value is -1.20. The van der Waals surface area contributed by atoms with Crippen LogP contribution in [0.3, 0.4) is 0 Å². The zero-order valence-electron chi connectivity index (χ0n) is 10.0. The highest BCUT2D eigenvalue weighted by Gasteiger charge is 2.26. The Balaban J connectivity index is 1.60. The van der Waals surface area contributed by atoms with Gasteiger partial charge in [-0.15, -0.1) is 11.8 Å². The van der Waals surface area contributed by atoms with E-state index in [9.17, 15) is 4.79 Å². The molecule has 18 heavy (non-hydrogen) atoms. The van der Waals surface area contributed by atoms with Crippen molar-refractivity contribution in [3.8, 4) is 5.75 Å². The van der Waals surface area contributed by atoms with Gasteiger partial charge in [-0.3, -0.25) is 10.1 Å². The first-order chi connectivity index (χ1) is 8.83. The Morgan fingerprint density at radius 1 is 1.44 bits per heavy atom. The zero-order chi connectivity index (χ0) is 12.4. The van der Waals surface area contributed by atoms with Gasteiger partial charge in [-0.25, -0.2) is 0 Å². The molecule has 1 amide bonds. The van der Waals surface area contributed by atoms with Gasteiger partial charge in [0.1, 0.15) is 12.4 Å². The van der Waals surface area contributed by atoms with Gasteiger partial charge < -0.3 is 10.1 Å². The molecule has 0 spiro atoms. The first kappa shape index (κ1) is 11.9. The summed E-state index contributed by atoms with van der Waals surface area (Å²) < 4.78 is 5.66. The maximum Gasteiger partial charge on any atom is 0.238 e. The molecular formula is C13H16N2O2S. The van der Waals surface area contributed by atoms with Gasteiger partial charge in [-0.2, -0.15) is 0 Å². The molecule has 5 heteroatoms. The number of hydrogen-bond acceptors (Lipinski definition) is 4. The Kier molecular flexibility index (Phi) is 3.43. The van der Waals surface area contributed by atoms with E-state index in [2.05, 4.69) is 16.7 Å².